The number of carbonyl (C=O) groups excluding carboxylic acids is 1. The molecule has 0 spiro atoms. The SMILES string of the molecule is NC(CNC(=O)c1cc(Cl)c(Cl)[nH]1)C1CC1. The molecule has 0 aromatic carbocycles. The predicted molar refractivity (Wildman–Crippen MR) is 63.8 cm³/mol. The second-order valence-corrected chi connectivity index (χ2v) is 4.84. The lowest BCUT2D eigenvalue weighted by atomic mass is 10.2. The van der Waals surface area contributed by atoms with E-state index in [-0.39, 0.29) is 17.1 Å². The van der Waals surface area contributed by atoms with Gasteiger partial charge in [-0.3, -0.25) is 4.79 Å². The van der Waals surface area contributed by atoms with Gasteiger partial charge in [-0.1, -0.05) is 23.2 Å². The van der Waals surface area contributed by atoms with E-state index >= 15 is 0 Å². The summed E-state index contributed by atoms with van der Waals surface area (Å²) in [5.74, 6) is 0.334. The maximum atomic E-state index is 11.6. The van der Waals surface area contributed by atoms with Crippen LogP contribution in [0.25, 0.3) is 0 Å². The molecule has 1 heterocycles. The maximum Gasteiger partial charge on any atom is 0.267 e. The fourth-order valence-electron chi connectivity index (χ4n) is 1.52. The molecule has 0 bridgehead atoms. The molecule has 88 valence electrons. The fourth-order valence-corrected chi connectivity index (χ4v) is 1.84. The van der Waals surface area contributed by atoms with Gasteiger partial charge in [0.2, 0.25) is 0 Å². The molecule has 0 aliphatic heterocycles. The van der Waals surface area contributed by atoms with Gasteiger partial charge >= 0.3 is 0 Å². The van der Waals surface area contributed by atoms with Crippen molar-refractivity contribution < 1.29 is 4.79 Å². The van der Waals surface area contributed by atoms with Crippen molar-refractivity contribution in [1.29, 1.82) is 0 Å². The third-order valence-electron chi connectivity index (χ3n) is 2.70. The highest BCUT2D eigenvalue weighted by Gasteiger charge is 2.28. The molecule has 16 heavy (non-hydrogen) atoms. The molecule has 1 amide bonds. The number of nitrogens with two attached hydrogens (primary N) is 1. The van der Waals surface area contributed by atoms with E-state index in [0.717, 1.165) is 12.8 Å². The first-order valence-electron chi connectivity index (χ1n) is 5.15. The Morgan fingerprint density at radius 3 is 2.81 bits per heavy atom. The van der Waals surface area contributed by atoms with Crippen LogP contribution in [0.15, 0.2) is 6.07 Å². The van der Waals surface area contributed by atoms with Crippen molar-refractivity contribution >= 4 is 29.1 Å². The van der Waals surface area contributed by atoms with Gasteiger partial charge in [-0.25, -0.2) is 0 Å². The second kappa shape index (κ2) is 4.65. The van der Waals surface area contributed by atoms with Gasteiger partial charge < -0.3 is 16.0 Å². The average molecular weight is 262 g/mol. The smallest absolute Gasteiger partial charge is 0.267 e. The number of halogens is 2. The van der Waals surface area contributed by atoms with Crippen LogP contribution in [0.2, 0.25) is 10.2 Å². The normalized spacial score (nSPS) is 17.2. The highest BCUT2D eigenvalue weighted by molar-refractivity contribution is 6.41. The minimum atomic E-state index is -0.232. The van der Waals surface area contributed by atoms with E-state index < -0.39 is 0 Å². The Morgan fingerprint density at radius 2 is 2.31 bits per heavy atom. The Labute approximate surface area is 103 Å². The van der Waals surface area contributed by atoms with Gasteiger partial charge in [0.05, 0.1) is 5.02 Å². The Morgan fingerprint density at radius 1 is 1.62 bits per heavy atom. The van der Waals surface area contributed by atoms with Crippen LogP contribution in [-0.2, 0) is 0 Å². The van der Waals surface area contributed by atoms with Crippen molar-refractivity contribution in [3.8, 4) is 0 Å². The van der Waals surface area contributed by atoms with Crippen LogP contribution in [0.4, 0.5) is 0 Å². The Kier molecular flexibility index (Phi) is 3.42. The molecule has 1 atom stereocenters. The zero-order valence-electron chi connectivity index (χ0n) is 8.59. The van der Waals surface area contributed by atoms with Gasteiger partial charge in [-0.05, 0) is 24.8 Å². The lowest BCUT2D eigenvalue weighted by Crippen LogP contribution is -2.38. The van der Waals surface area contributed by atoms with E-state index in [9.17, 15) is 4.79 Å². The monoisotopic (exact) mass is 261 g/mol. The molecule has 1 saturated carbocycles. The summed E-state index contributed by atoms with van der Waals surface area (Å²) in [5, 5.41) is 3.37. The summed E-state index contributed by atoms with van der Waals surface area (Å²) in [4.78, 5) is 14.3. The van der Waals surface area contributed by atoms with Crippen LogP contribution >= 0.6 is 23.2 Å². The first kappa shape index (κ1) is 11.8. The van der Waals surface area contributed by atoms with E-state index in [1.165, 1.54) is 6.07 Å². The third-order valence-corrected chi connectivity index (χ3v) is 3.39. The van der Waals surface area contributed by atoms with E-state index in [1.807, 2.05) is 0 Å². The van der Waals surface area contributed by atoms with Crippen LogP contribution in [0.3, 0.4) is 0 Å². The Hall–Kier alpha value is -0.710. The summed E-state index contributed by atoms with van der Waals surface area (Å²) in [6.07, 6.45) is 2.33. The number of carbonyl (C=O) groups is 1. The molecule has 1 fully saturated rings. The maximum absolute atomic E-state index is 11.6. The molecule has 1 aliphatic rings. The van der Waals surface area contributed by atoms with E-state index in [0.29, 0.717) is 23.2 Å². The molecule has 1 aliphatic carbocycles. The van der Waals surface area contributed by atoms with Crippen LogP contribution in [0.1, 0.15) is 23.3 Å². The predicted octanol–water partition coefficient (Wildman–Crippen LogP) is 1.79. The molecular formula is C10H13Cl2N3O. The molecule has 1 aromatic heterocycles. The average Bonchev–Trinajstić information content (AvgIpc) is 3.03. The van der Waals surface area contributed by atoms with E-state index in [2.05, 4.69) is 10.3 Å². The zero-order valence-corrected chi connectivity index (χ0v) is 10.1. The Balaban J connectivity index is 1.87. The molecule has 1 aromatic rings. The zero-order chi connectivity index (χ0) is 11.7. The molecule has 6 heteroatoms. The van der Waals surface area contributed by atoms with Gasteiger partial charge in [0.15, 0.2) is 0 Å². The number of rotatable bonds is 4. The number of H-pyrrole nitrogens is 1. The summed E-state index contributed by atoms with van der Waals surface area (Å²) in [5.41, 5.74) is 6.22. The second-order valence-electron chi connectivity index (χ2n) is 4.06. The summed E-state index contributed by atoms with van der Waals surface area (Å²) in [6.45, 7) is 0.484. The number of nitrogens with one attached hydrogen (secondary N) is 2. The summed E-state index contributed by atoms with van der Waals surface area (Å²) in [7, 11) is 0. The molecular weight excluding hydrogens is 249 g/mol. The minimum Gasteiger partial charge on any atom is -0.349 e. The number of aromatic amines is 1. The lowest BCUT2D eigenvalue weighted by molar-refractivity contribution is 0.0946. The van der Waals surface area contributed by atoms with Crippen molar-refractivity contribution in [3.05, 3.63) is 21.9 Å². The van der Waals surface area contributed by atoms with Crippen molar-refractivity contribution in [2.75, 3.05) is 6.54 Å². The number of aromatic nitrogens is 1. The van der Waals surface area contributed by atoms with Gasteiger partial charge in [0, 0.05) is 12.6 Å². The summed E-state index contributed by atoms with van der Waals surface area (Å²) in [6, 6.07) is 1.55. The first-order chi connectivity index (χ1) is 7.58. The molecule has 0 radical (unpaired) electrons. The Bertz CT molecular complexity index is 381. The van der Waals surface area contributed by atoms with Crippen molar-refractivity contribution in [2.45, 2.75) is 18.9 Å². The molecule has 0 saturated heterocycles. The summed E-state index contributed by atoms with van der Waals surface area (Å²) >= 11 is 11.4. The molecule has 4 nitrogen and oxygen atoms in total. The number of hydrogen-bond donors (Lipinski definition) is 3. The van der Waals surface area contributed by atoms with Crippen LogP contribution < -0.4 is 11.1 Å². The van der Waals surface area contributed by atoms with Gasteiger partial charge in [-0.2, -0.15) is 0 Å². The first-order valence-corrected chi connectivity index (χ1v) is 5.91. The minimum absolute atomic E-state index is 0.0462. The number of hydrogen-bond acceptors (Lipinski definition) is 2. The highest BCUT2D eigenvalue weighted by atomic mass is 35.5. The molecule has 4 N–H and O–H groups in total. The molecule has 1 unspecified atom stereocenters. The van der Waals surface area contributed by atoms with Crippen LogP contribution in [0, 0.1) is 5.92 Å². The van der Waals surface area contributed by atoms with E-state index in [1.54, 1.807) is 0 Å². The van der Waals surface area contributed by atoms with Crippen LogP contribution in [0.5, 0.6) is 0 Å². The van der Waals surface area contributed by atoms with E-state index in [4.69, 9.17) is 28.9 Å². The van der Waals surface area contributed by atoms with Gasteiger partial charge in [0.1, 0.15) is 10.8 Å². The highest BCUT2D eigenvalue weighted by Crippen LogP contribution is 2.31. The van der Waals surface area contributed by atoms with Crippen molar-refractivity contribution in [1.82, 2.24) is 10.3 Å². The van der Waals surface area contributed by atoms with Crippen molar-refractivity contribution in [2.24, 2.45) is 11.7 Å². The van der Waals surface area contributed by atoms with Crippen molar-refractivity contribution in [3.63, 3.8) is 0 Å². The topological polar surface area (TPSA) is 70.9 Å². The molecule has 2 rings (SSSR count). The van der Waals surface area contributed by atoms with Gasteiger partial charge in [0.25, 0.3) is 5.91 Å². The third kappa shape index (κ3) is 2.70. The van der Waals surface area contributed by atoms with Crippen LogP contribution in [-0.4, -0.2) is 23.5 Å². The fraction of sp³-hybridized carbons (Fsp3) is 0.500. The largest absolute Gasteiger partial charge is 0.349 e. The quantitative estimate of drug-likeness (QED) is 0.774. The lowest BCUT2D eigenvalue weighted by Gasteiger charge is -2.10. The standard InChI is InChI=1S/C10H13Cl2N3O/c11-6-3-8(15-9(6)12)10(16)14-4-7(13)5-1-2-5/h3,5,7,15H,1-2,4,13H2,(H,14,16). The van der Waals surface area contributed by atoms with Gasteiger partial charge in [-0.15, -0.1) is 0 Å². The summed E-state index contributed by atoms with van der Waals surface area (Å²) < 4.78 is 0. The number of amides is 1.